The number of aliphatic imine (C=N–C) groups is 1. The Labute approximate surface area is 138 Å². The molecule has 0 amide bonds. The second kappa shape index (κ2) is 7.15. The van der Waals surface area contributed by atoms with Crippen LogP contribution in [0.4, 0.5) is 0 Å². The van der Waals surface area contributed by atoms with Gasteiger partial charge in [0.25, 0.3) is 0 Å². The third kappa shape index (κ3) is 4.36. The molecule has 1 N–H and O–H groups in total. The minimum Gasteiger partial charge on any atom is -0.481 e. The van der Waals surface area contributed by atoms with E-state index in [1.807, 2.05) is 6.26 Å². The molecule has 0 aliphatic carbocycles. The van der Waals surface area contributed by atoms with Crippen molar-refractivity contribution in [2.75, 3.05) is 12.9 Å². The zero-order chi connectivity index (χ0) is 15.4. The number of thioether (sulfide) groups is 2. The number of halogens is 1. The number of benzene rings is 1. The van der Waals surface area contributed by atoms with Crippen molar-refractivity contribution >= 4 is 61.0 Å². The van der Waals surface area contributed by atoms with Crippen molar-refractivity contribution in [1.29, 1.82) is 0 Å². The van der Waals surface area contributed by atoms with Gasteiger partial charge in [0.2, 0.25) is 5.12 Å². The normalized spacial score (nSPS) is 16.2. The Morgan fingerprint density at radius 1 is 1.57 bits per heavy atom. The Morgan fingerprint density at radius 2 is 2.33 bits per heavy atom. The molecule has 0 fully saturated rings. The van der Waals surface area contributed by atoms with Gasteiger partial charge < -0.3 is 9.84 Å². The quantitative estimate of drug-likeness (QED) is 0.799. The number of hydrogen-bond donors (Lipinski definition) is 1. The molecule has 1 heterocycles. The van der Waals surface area contributed by atoms with E-state index in [1.165, 1.54) is 11.8 Å². The molecule has 1 aliphatic rings. The van der Waals surface area contributed by atoms with Gasteiger partial charge >= 0.3 is 5.97 Å². The number of rotatable bonds is 4. The van der Waals surface area contributed by atoms with E-state index in [-0.39, 0.29) is 5.12 Å². The Morgan fingerprint density at radius 3 is 2.95 bits per heavy atom. The summed E-state index contributed by atoms with van der Waals surface area (Å²) >= 11 is 5.82. The Balaban J connectivity index is 2.34. The fourth-order valence-corrected chi connectivity index (χ4v) is 3.17. The second-order valence-electron chi connectivity index (χ2n) is 3.87. The van der Waals surface area contributed by atoms with Crippen LogP contribution in [0.3, 0.4) is 0 Å². The highest BCUT2D eigenvalue weighted by molar-refractivity contribution is 9.10. The minimum atomic E-state index is -1.06. The van der Waals surface area contributed by atoms with Crippen molar-refractivity contribution in [3.05, 3.63) is 33.9 Å². The molecule has 0 saturated carbocycles. The molecule has 2 rings (SSSR count). The number of carboxylic acids is 1. The summed E-state index contributed by atoms with van der Waals surface area (Å²) in [5, 5.41) is 8.55. The maximum absolute atomic E-state index is 11.8. The maximum atomic E-state index is 11.8. The van der Waals surface area contributed by atoms with Gasteiger partial charge in [-0.05, 0) is 42.3 Å². The lowest BCUT2D eigenvalue weighted by molar-refractivity contribution is -0.139. The van der Waals surface area contributed by atoms with Gasteiger partial charge in [0.05, 0.1) is 0 Å². The summed E-state index contributed by atoms with van der Waals surface area (Å²) < 4.78 is 6.70. The van der Waals surface area contributed by atoms with Gasteiger partial charge in [-0.25, -0.2) is 9.79 Å². The lowest BCUT2D eigenvalue weighted by atomic mass is 10.1. The Kier molecular flexibility index (Phi) is 5.49. The summed E-state index contributed by atoms with van der Waals surface area (Å²) in [6.07, 6.45) is 3.45. The summed E-state index contributed by atoms with van der Waals surface area (Å²) in [7, 11) is 0. The smallest absolute Gasteiger partial charge is 0.341 e. The topological polar surface area (TPSA) is 76.0 Å². The highest BCUT2D eigenvalue weighted by Crippen LogP contribution is 2.32. The molecule has 1 aromatic rings. The van der Waals surface area contributed by atoms with Gasteiger partial charge in [0.1, 0.15) is 15.8 Å². The molecule has 1 aromatic carbocycles. The zero-order valence-electron chi connectivity index (χ0n) is 10.8. The highest BCUT2D eigenvalue weighted by atomic mass is 79.9. The summed E-state index contributed by atoms with van der Waals surface area (Å²) in [6.45, 7) is -0.445. The number of carbonyl (C=O) groups excluding carboxylic acids is 1. The number of hydrogen-bond acceptors (Lipinski definition) is 6. The number of nitrogens with zero attached hydrogens (tertiary/aromatic N) is 1. The lowest BCUT2D eigenvalue weighted by Crippen LogP contribution is -2.10. The molecule has 21 heavy (non-hydrogen) atoms. The van der Waals surface area contributed by atoms with Gasteiger partial charge in [-0.2, -0.15) is 0 Å². The fraction of sp³-hybridized carbons (Fsp3) is 0.154. The molecule has 110 valence electrons. The number of ether oxygens (including phenoxy) is 1. The predicted octanol–water partition coefficient (Wildman–Crippen LogP) is 3.25. The van der Waals surface area contributed by atoms with E-state index in [0.717, 1.165) is 16.2 Å². The molecule has 5 nitrogen and oxygen atoms in total. The Hall–Kier alpha value is -1.25. The van der Waals surface area contributed by atoms with E-state index in [2.05, 4.69) is 20.9 Å². The summed E-state index contributed by atoms with van der Waals surface area (Å²) in [4.78, 5) is 26.6. The van der Waals surface area contributed by atoms with Gasteiger partial charge in [0.15, 0.2) is 6.61 Å². The van der Waals surface area contributed by atoms with Crippen LogP contribution in [-0.4, -0.2) is 33.4 Å². The van der Waals surface area contributed by atoms with Gasteiger partial charge in [0, 0.05) is 10.0 Å². The molecule has 0 aromatic heterocycles. The average molecular weight is 388 g/mol. The van der Waals surface area contributed by atoms with Crippen molar-refractivity contribution in [2.45, 2.75) is 0 Å². The van der Waals surface area contributed by atoms with E-state index in [9.17, 15) is 9.59 Å². The first kappa shape index (κ1) is 16.1. The Bertz CT molecular complexity index is 658. The van der Waals surface area contributed by atoms with Crippen molar-refractivity contribution < 1.29 is 19.4 Å². The summed E-state index contributed by atoms with van der Waals surface area (Å²) in [5.74, 6) is -0.676. The third-order valence-corrected chi connectivity index (χ3v) is 4.73. The average Bonchev–Trinajstić information content (AvgIpc) is 2.78. The van der Waals surface area contributed by atoms with E-state index < -0.39 is 12.6 Å². The van der Waals surface area contributed by atoms with Crippen LogP contribution in [0.1, 0.15) is 5.56 Å². The summed E-state index contributed by atoms with van der Waals surface area (Å²) in [6, 6.07) is 5.13. The molecule has 0 atom stereocenters. The number of carboxylic acid groups (broad SMARTS) is 1. The van der Waals surface area contributed by atoms with E-state index in [1.54, 1.807) is 24.3 Å². The van der Waals surface area contributed by atoms with Crippen LogP contribution in [-0.2, 0) is 9.59 Å². The van der Waals surface area contributed by atoms with Crippen LogP contribution in [0.25, 0.3) is 6.08 Å². The SMILES string of the molecule is CSC1=N/C(=C/c2cc(Br)ccc2OCC(=O)O)C(=O)S1. The first-order chi connectivity index (χ1) is 9.99. The first-order valence-electron chi connectivity index (χ1n) is 5.70. The molecule has 0 unspecified atom stereocenters. The minimum absolute atomic E-state index is 0.136. The monoisotopic (exact) mass is 387 g/mol. The summed E-state index contributed by atoms with van der Waals surface area (Å²) in [5.41, 5.74) is 0.920. The molecular formula is C13H10BrNO4S2. The largest absolute Gasteiger partial charge is 0.481 e. The van der Waals surface area contributed by atoms with Gasteiger partial charge in [-0.15, -0.1) is 11.8 Å². The number of aliphatic carboxylic acids is 1. The highest BCUT2D eigenvalue weighted by Gasteiger charge is 2.22. The van der Waals surface area contributed by atoms with Crippen LogP contribution in [0.2, 0.25) is 0 Å². The fourth-order valence-electron chi connectivity index (χ4n) is 1.53. The van der Waals surface area contributed by atoms with Crippen LogP contribution in [0.15, 0.2) is 33.4 Å². The van der Waals surface area contributed by atoms with Crippen molar-refractivity contribution in [2.24, 2.45) is 4.99 Å². The lowest BCUT2D eigenvalue weighted by Gasteiger charge is -2.07. The first-order valence-corrected chi connectivity index (χ1v) is 8.53. The standard InChI is InChI=1S/C13H10BrNO4S2/c1-20-13-15-9(12(18)21-13)5-7-4-8(14)2-3-10(7)19-6-11(16)17/h2-5H,6H2,1H3,(H,16,17)/b9-5+. The van der Waals surface area contributed by atoms with Crippen LogP contribution < -0.4 is 4.74 Å². The van der Waals surface area contributed by atoms with Crippen molar-refractivity contribution in [3.63, 3.8) is 0 Å². The molecular weight excluding hydrogens is 378 g/mol. The third-order valence-electron chi connectivity index (χ3n) is 2.39. The molecule has 8 heteroatoms. The van der Waals surface area contributed by atoms with Crippen molar-refractivity contribution in [3.8, 4) is 5.75 Å². The van der Waals surface area contributed by atoms with Crippen molar-refractivity contribution in [1.82, 2.24) is 0 Å². The molecule has 0 saturated heterocycles. The zero-order valence-corrected chi connectivity index (χ0v) is 14.0. The van der Waals surface area contributed by atoms with E-state index >= 15 is 0 Å². The number of carbonyl (C=O) groups is 2. The second-order valence-corrected chi connectivity index (χ2v) is 6.80. The van der Waals surface area contributed by atoms with E-state index in [0.29, 0.717) is 21.4 Å². The maximum Gasteiger partial charge on any atom is 0.341 e. The molecule has 0 radical (unpaired) electrons. The predicted molar refractivity (Wildman–Crippen MR) is 88.8 cm³/mol. The van der Waals surface area contributed by atoms with Gasteiger partial charge in [-0.1, -0.05) is 15.9 Å². The molecule has 0 spiro atoms. The van der Waals surface area contributed by atoms with Gasteiger partial charge in [-0.3, -0.25) is 4.79 Å². The van der Waals surface area contributed by atoms with Crippen LogP contribution in [0, 0.1) is 0 Å². The molecule has 1 aliphatic heterocycles. The van der Waals surface area contributed by atoms with E-state index in [4.69, 9.17) is 9.84 Å². The van der Waals surface area contributed by atoms with Crippen LogP contribution in [0.5, 0.6) is 5.75 Å². The molecule has 0 bridgehead atoms. The van der Waals surface area contributed by atoms with Crippen LogP contribution >= 0.6 is 39.5 Å².